The molecule has 0 heterocycles. The minimum atomic E-state index is -1.23. The first-order valence-corrected chi connectivity index (χ1v) is 11.2. The molecule has 1 nitrogen and oxygen atoms in total. The predicted octanol–water partition coefficient (Wildman–Crippen LogP) is 3.42. The van der Waals surface area contributed by atoms with Crippen LogP contribution in [0.5, 0.6) is 0 Å². The molecule has 0 unspecified atom stereocenters. The Morgan fingerprint density at radius 2 is 1.17 bits per heavy atom. The van der Waals surface area contributed by atoms with Gasteiger partial charge in [-0.1, -0.05) is 53.5 Å². The summed E-state index contributed by atoms with van der Waals surface area (Å²) in [6.07, 6.45) is 0. The van der Waals surface area contributed by atoms with Crippen LogP contribution in [0.4, 0.5) is 0 Å². The molecule has 1 N–H and O–H groups in total. The van der Waals surface area contributed by atoms with E-state index in [4.69, 9.17) is 0 Å². The summed E-state index contributed by atoms with van der Waals surface area (Å²) >= 11 is 0. The first kappa shape index (κ1) is 12.4. The Balaban J connectivity index is 4.44. The quantitative estimate of drug-likeness (QED) is 0.678. The molecular formula is C9H25NSi2. The molecule has 0 spiro atoms. The molecule has 74 valence electrons. The van der Waals surface area contributed by atoms with Crippen LogP contribution in [0.2, 0.25) is 37.8 Å². The maximum atomic E-state index is 3.91. The molecule has 0 amide bonds. The Morgan fingerprint density at radius 3 is 1.25 bits per heavy atom. The van der Waals surface area contributed by atoms with Crippen LogP contribution in [-0.4, -0.2) is 16.5 Å². The lowest BCUT2D eigenvalue weighted by Gasteiger charge is -2.42. The summed E-state index contributed by atoms with van der Waals surface area (Å²) in [5, 5.41) is 0.466. The molecule has 3 heteroatoms. The Labute approximate surface area is 80.1 Å². The van der Waals surface area contributed by atoms with E-state index in [-0.39, 0.29) is 0 Å². The standard InChI is InChI=1S/C9H25NSi2/c1-9(2,3)12(7,8)10-11(4,5)6/h10H,1-8H3. The van der Waals surface area contributed by atoms with E-state index in [0.717, 1.165) is 0 Å². The number of hydrogen-bond donors (Lipinski definition) is 1. The van der Waals surface area contributed by atoms with Crippen LogP contribution < -0.4 is 4.65 Å². The van der Waals surface area contributed by atoms with E-state index in [1.54, 1.807) is 0 Å². The van der Waals surface area contributed by atoms with Crippen molar-refractivity contribution in [1.29, 1.82) is 0 Å². The lowest BCUT2D eigenvalue weighted by Crippen LogP contribution is -2.61. The van der Waals surface area contributed by atoms with Crippen LogP contribution >= 0.6 is 0 Å². The summed E-state index contributed by atoms with van der Waals surface area (Å²) in [6, 6.07) is 0. The van der Waals surface area contributed by atoms with Gasteiger partial charge in [0.1, 0.15) is 16.5 Å². The molecule has 0 aromatic heterocycles. The monoisotopic (exact) mass is 203 g/mol. The van der Waals surface area contributed by atoms with Crippen LogP contribution in [-0.2, 0) is 0 Å². The lowest BCUT2D eigenvalue weighted by atomic mass is 10.2. The smallest absolute Gasteiger partial charge is 0.118 e. The summed E-state index contributed by atoms with van der Waals surface area (Å²) in [7, 11) is -2.32. The summed E-state index contributed by atoms with van der Waals surface area (Å²) in [4.78, 5) is 0. The summed E-state index contributed by atoms with van der Waals surface area (Å²) in [5.74, 6) is 0. The highest BCUT2D eigenvalue weighted by Gasteiger charge is 2.38. The van der Waals surface area contributed by atoms with Crippen molar-refractivity contribution in [3.05, 3.63) is 0 Å². The van der Waals surface area contributed by atoms with E-state index in [1.165, 1.54) is 0 Å². The minimum Gasteiger partial charge on any atom is -0.359 e. The van der Waals surface area contributed by atoms with Crippen molar-refractivity contribution in [2.24, 2.45) is 0 Å². The topological polar surface area (TPSA) is 12.0 Å². The third-order valence-corrected chi connectivity index (χ3v) is 11.8. The molecule has 0 atom stereocenters. The van der Waals surface area contributed by atoms with Crippen molar-refractivity contribution in [2.45, 2.75) is 58.5 Å². The van der Waals surface area contributed by atoms with E-state index < -0.39 is 16.5 Å². The van der Waals surface area contributed by atoms with Crippen LogP contribution in [0.1, 0.15) is 20.8 Å². The predicted molar refractivity (Wildman–Crippen MR) is 63.7 cm³/mol. The van der Waals surface area contributed by atoms with Gasteiger partial charge in [-0.3, -0.25) is 0 Å². The molecule has 0 saturated heterocycles. The van der Waals surface area contributed by atoms with Crippen molar-refractivity contribution in [3.8, 4) is 0 Å². The molecule has 0 radical (unpaired) electrons. The van der Waals surface area contributed by atoms with Gasteiger partial charge in [-0.15, -0.1) is 0 Å². The Morgan fingerprint density at radius 1 is 0.833 bits per heavy atom. The van der Waals surface area contributed by atoms with Gasteiger partial charge in [0.05, 0.1) is 0 Å². The third-order valence-electron chi connectivity index (χ3n) is 2.56. The summed E-state index contributed by atoms with van der Waals surface area (Å²) in [6.45, 7) is 19.1. The van der Waals surface area contributed by atoms with Crippen LogP contribution in [0.25, 0.3) is 0 Å². The van der Waals surface area contributed by atoms with Gasteiger partial charge in [0.2, 0.25) is 0 Å². The number of rotatable bonds is 2. The second kappa shape index (κ2) is 3.27. The van der Waals surface area contributed by atoms with Crippen molar-refractivity contribution in [3.63, 3.8) is 0 Å². The lowest BCUT2D eigenvalue weighted by molar-refractivity contribution is 0.709. The SMILES string of the molecule is CC(C)(C)[Si](C)(C)N[Si](C)(C)C. The van der Waals surface area contributed by atoms with Crippen LogP contribution in [0.3, 0.4) is 0 Å². The van der Waals surface area contributed by atoms with Gasteiger partial charge in [-0.05, 0) is 5.04 Å². The van der Waals surface area contributed by atoms with Gasteiger partial charge in [0.15, 0.2) is 0 Å². The molecule has 12 heavy (non-hydrogen) atoms. The molecule has 0 aliphatic rings. The molecule has 0 aliphatic heterocycles. The average molecular weight is 203 g/mol. The van der Waals surface area contributed by atoms with Gasteiger partial charge in [0.25, 0.3) is 0 Å². The fourth-order valence-corrected chi connectivity index (χ4v) is 10.1. The van der Waals surface area contributed by atoms with Gasteiger partial charge in [-0.25, -0.2) is 0 Å². The molecule has 0 saturated carbocycles. The van der Waals surface area contributed by atoms with Crippen LogP contribution in [0.15, 0.2) is 0 Å². The maximum absolute atomic E-state index is 3.91. The highest BCUT2D eigenvalue weighted by atomic mass is 28.4. The fourth-order valence-electron chi connectivity index (χ4n) is 1.12. The molecule has 0 rings (SSSR count). The van der Waals surface area contributed by atoms with Crippen molar-refractivity contribution < 1.29 is 0 Å². The van der Waals surface area contributed by atoms with Crippen molar-refractivity contribution in [2.75, 3.05) is 0 Å². The van der Waals surface area contributed by atoms with Gasteiger partial charge in [-0.2, -0.15) is 0 Å². The Kier molecular flexibility index (Phi) is 3.38. The van der Waals surface area contributed by atoms with Crippen molar-refractivity contribution in [1.82, 2.24) is 4.65 Å². The molecule has 0 aromatic rings. The van der Waals surface area contributed by atoms with E-state index in [0.29, 0.717) is 5.04 Å². The molecule has 0 aliphatic carbocycles. The largest absolute Gasteiger partial charge is 0.359 e. The Bertz CT molecular complexity index is 151. The second-order valence-electron chi connectivity index (χ2n) is 6.25. The highest BCUT2D eigenvalue weighted by Crippen LogP contribution is 2.34. The Hall–Kier alpha value is 0.394. The van der Waals surface area contributed by atoms with Gasteiger partial charge < -0.3 is 4.65 Å². The zero-order valence-electron chi connectivity index (χ0n) is 10.0. The maximum Gasteiger partial charge on any atom is 0.118 e. The van der Waals surface area contributed by atoms with Gasteiger partial charge >= 0.3 is 0 Å². The van der Waals surface area contributed by atoms with E-state index in [1.807, 2.05) is 0 Å². The minimum absolute atomic E-state index is 0.466. The van der Waals surface area contributed by atoms with Gasteiger partial charge in [0, 0.05) is 0 Å². The second-order valence-corrected chi connectivity index (χ2v) is 16.5. The average Bonchev–Trinajstić information content (AvgIpc) is 1.52. The van der Waals surface area contributed by atoms with Crippen molar-refractivity contribution >= 4 is 16.5 Å². The third kappa shape index (κ3) is 3.87. The summed E-state index contributed by atoms with van der Waals surface area (Å²) < 4.78 is 3.91. The molecule has 0 bridgehead atoms. The molecule has 0 aromatic carbocycles. The zero-order valence-corrected chi connectivity index (χ0v) is 12.0. The first-order valence-electron chi connectivity index (χ1n) is 4.75. The number of hydrogen-bond acceptors (Lipinski definition) is 1. The van der Waals surface area contributed by atoms with E-state index in [2.05, 4.69) is 58.2 Å². The first-order chi connectivity index (χ1) is 4.96. The fraction of sp³-hybridized carbons (Fsp3) is 1.00. The molecular weight excluding hydrogens is 178 g/mol. The summed E-state index contributed by atoms with van der Waals surface area (Å²) in [5.41, 5.74) is 0. The molecule has 0 fully saturated rings. The van der Waals surface area contributed by atoms with E-state index >= 15 is 0 Å². The van der Waals surface area contributed by atoms with E-state index in [9.17, 15) is 0 Å². The highest BCUT2D eigenvalue weighted by molar-refractivity contribution is 6.91. The normalized spacial score (nSPS) is 15.0. The number of nitrogens with one attached hydrogen (secondary N) is 1. The zero-order chi connectivity index (χ0) is 10.2. The van der Waals surface area contributed by atoms with Crippen LogP contribution in [0, 0.1) is 0 Å².